The van der Waals surface area contributed by atoms with Crippen molar-refractivity contribution >= 4 is 11.8 Å². The molecule has 0 radical (unpaired) electrons. The first-order chi connectivity index (χ1) is 10.2. The highest BCUT2D eigenvalue weighted by molar-refractivity contribution is 5.86. The first-order valence-electron chi connectivity index (χ1n) is 7.42. The number of hydrogen-bond acceptors (Lipinski definition) is 4. The third-order valence-corrected chi connectivity index (χ3v) is 4.22. The quantitative estimate of drug-likeness (QED) is 0.816. The van der Waals surface area contributed by atoms with Crippen molar-refractivity contribution in [1.82, 2.24) is 24.7 Å². The van der Waals surface area contributed by atoms with Crippen molar-refractivity contribution in [3.05, 3.63) is 18.2 Å². The van der Waals surface area contributed by atoms with E-state index in [9.17, 15) is 9.59 Å². The van der Waals surface area contributed by atoms with E-state index in [1.54, 1.807) is 11.1 Å². The van der Waals surface area contributed by atoms with Gasteiger partial charge in [-0.25, -0.2) is 4.98 Å². The molecule has 1 atom stereocenters. The van der Waals surface area contributed by atoms with Crippen LogP contribution in [0.25, 0.3) is 0 Å². The average Bonchev–Trinajstić information content (AvgIpc) is 3.08. The molecule has 2 aliphatic heterocycles. The van der Waals surface area contributed by atoms with E-state index in [-0.39, 0.29) is 24.4 Å². The van der Waals surface area contributed by atoms with Gasteiger partial charge in [0.25, 0.3) is 0 Å². The summed E-state index contributed by atoms with van der Waals surface area (Å²) in [5.41, 5.74) is 0. The summed E-state index contributed by atoms with van der Waals surface area (Å²) in [6, 6.07) is -0.0658. The van der Waals surface area contributed by atoms with E-state index >= 15 is 0 Å². The molecule has 3 heterocycles. The molecule has 0 saturated carbocycles. The van der Waals surface area contributed by atoms with Crippen LogP contribution in [-0.4, -0.2) is 63.9 Å². The molecule has 1 aromatic heterocycles. The second kappa shape index (κ2) is 5.85. The van der Waals surface area contributed by atoms with Gasteiger partial charge in [-0.05, 0) is 6.42 Å². The number of piperazine rings is 1. The van der Waals surface area contributed by atoms with E-state index in [2.05, 4.69) is 10.3 Å². The molecule has 1 N–H and O–H groups in total. The minimum absolute atomic E-state index is 0.0137. The Morgan fingerprint density at radius 3 is 3.00 bits per heavy atom. The third-order valence-electron chi connectivity index (χ3n) is 4.22. The fraction of sp³-hybridized carbons (Fsp3) is 0.643. The summed E-state index contributed by atoms with van der Waals surface area (Å²) in [6.07, 6.45) is 5.06. The Hall–Kier alpha value is -1.89. The lowest BCUT2D eigenvalue weighted by Crippen LogP contribution is -2.52. The standard InChI is InChI=1S/C14H21N5O2/c1-17-7-5-16-14(17)11-9-15-4-8-19(11)13(21)10-18-6-2-3-12(18)20/h5,7,11,15H,2-4,6,8-10H2,1H3. The molecule has 2 fully saturated rings. The van der Waals surface area contributed by atoms with E-state index in [1.807, 2.05) is 22.7 Å². The molecule has 0 spiro atoms. The van der Waals surface area contributed by atoms with Crippen molar-refractivity contribution in [1.29, 1.82) is 0 Å². The average molecular weight is 291 g/mol. The molecule has 2 amide bonds. The van der Waals surface area contributed by atoms with Crippen LogP contribution < -0.4 is 5.32 Å². The summed E-state index contributed by atoms with van der Waals surface area (Å²) in [7, 11) is 1.93. The van der Waals surface area contributed by atoms with Crippen molar-refractivity contribution in [2.75, 3.05) is 32.7 Å². The lowest BCUT2D eigenvalue weighted by Gasteiger charge is -2.36. The van der Waals surface area contributed by atoms with E-state index in [1.165, 1.54) is 0 Å². The van der Waals surface area contributed by atoms with Gasteiger partial charge >= 0.3 is 0 Å². The van der Waals surface area contributed by atoms with Crippen LogP contribution in [0.5, 0.6) is 0 Å². The van der Waals surface area contributed by atoms with Gasteiger partial charge in [-0.2, -0.15) is 0 Å². The van der Waals surface area contributed by atoms with Gasteiger partial charge in [0.15, 0.2) is 0 Å². The zero-order valence-electron chi connectivity index (χ0n) is 12.3. The van der Waals surface area contributed by atoms with E-state index in [0.717, 1.165) is 18.8 Å². The second-order valence-corrected chi connectivity index (χ2v) is 5.62. The normalized spacial score (nSPS) is 22.9. The smallest absolute Gasteiger partial charge is 0.242 e. The van der Waals surface area contributed by atoms with E-state index < -0.39 is 0 Å². The molecular weight excluding hydrogens is 270 g/mol. The number of rotatable bonds is 3. The second-order valence-electron chi connectivity index (χ2n) is 5.62. The van der Waals surface area contributed by atoms with E-state index in [0.29, 0.717) is 26.1 Å². The fourth-order valence-corrected chi connectivity index (χ4v) is 3.06. The Morgan fingerprint density at radius 2 is 2.33 bits per heavy atom. The van der Waals surface area contributed by atoms with Crippen LogP contribution in [0.1, 0.15) is 24.7 Å². The Morgan fingerprint density at radius 1 is 1.48 bits per heavy atom. The minimum atomic E-state index is -0.0658. The first-order valence-corrected chi connectivity index (χ1v) is 7.42. The van der Waals surface area contributed by atoms with Gasteiger partial charge in [-0.1, -0.05) is 0 Å². The highest BCUT2D eigenvalue weighted by Gasteiger charge is 2.32. The molecular formula is C14H21N5O2. The molecule has 0 bridgehead atoms. The largest absolute Gasteiger partial charge is 0.336 e. The molecule has 114 valence electrons. The van der Waals surface area contributed by atoms with Crippen LogP contribution in [0.4, 0.5) is 0 Å². The highest BCUT2D eigenvalue weighted by Crippen LogP contribution is 2.21. The third kappa shape index (κ3) is 2.78. The Kier molecular flexibility index (Phi) is 3.92. The number of hydrogen-bond donors (Lipinski definition) is 1. The first kappa shape index (κ1) is 14.1. The lowest BCUT2D eigenvalue weighted by atomic mass is 10.1. The van der Waals surface area contributed by atoms with Crippen molar-refractivity contribution in [2.45, 2.75) is 18.9 Å². The Bertz CT molecular complexity index is 541. The van der Waals surface area contributed by atoms with E-state index in [4.69, 9.17) is 0 Å². The summed E-state index contributed by atoms with van der Waals surface area (Å²) < 4.78 is 1.94. The van der Waals surface area contributed by atoms with Gasteiger partial charge in [0.05, 0.1) is 6.54 Å². The van der Waals surface area contributed by atoms with Gasteiger partial charge in [0, 0.05) is 52.0 Å². The highest BCUT2D eigenvalue weighted by atomic mass is 16.2. The summed E-state index contributed by atoms with van der Waals surface area (Å²) in [4.78, 5) is 32.2. The summed E-state index contributed by atoms with van der Waals surface area (Å²) in [5, 5.41) is 3.31. The monoisotopic (exact) mass is 291 g/mol. The molecule has 21 heavy (non-hydrogen) atoms. The molecule has 1 aromatic rings. The molecule has 0 aromatic carbocycles. The number of carbonyl (C=O) groups is 2. The molecule has 2 aliphatic rings. The predicted molar refractivity (Wildman–Crippen MR) is 76.3 cm³/mol. The number of nitrogens with one attached hydrogen (secondary N) is 1. The van der Waals surface area contributed by atoms with Crippen LogP contribution in [0, 0.1) is 0 Å². The number of imidazole rings is 1. The molecule has 1 unspecified atom stereocenters. The van der Waals surface area contributed by atoms with Gasteiger partial charge in [-0.15, -0.1) is 0 Å². The molecule has 2 saturated heterocycles. The van der Waals surface area contributed by atoms with Crippen LogP contribution in [0.2, 0.25) is 0 Å². The topological polar surface area (TPSA) is 70.5 Å². The van der Waals surface area contributed by atoms with Crippen molar-refractivity contribution in [3.63, 3.8) is 0 Å². The number of likely N-dealkylation sites (tertiary alicyclic amines) is 1. The molecule has 7 heteroatoms. The summed E-state index contributed by atoms with van der Waals surface area (Å²) >= 11 is 0. The Balaban J connectivity index is 1.73. The molecule has 7 nitrogen and oxygen atoms in total. The number of carbonyl (C=O) groups excluding carboxylic acids is 2. The number of aryl methyl sites for hydroxylation is 1. The number of nitrogens with zero attached hydrogens (tertiary/aromatic N) is 4. The summed E-state index contributed by atoms with van der Waals surface area (Å²) in [6.45, 7) is 3.02. The van der Waals surface area contributed by atoms with Crippen molar-refractivity contribution in [2.24, 2.45) is 7.05 Å². The zero-order valence-corrected chi connectivity index (χ0v) is 12.3. The predicted octanol–water partition coefficient (Wildman–Crippen LogP) is -0.485. The fourth-order valence-electron chi connectivity index (χ4n) is 3.06. The van der Waals surface area contributed by atoms with Crippen molar-refractivity contribution in [3.8, 4) is 0 Å². The van der Waals surface area contributed by atoms with Crippen LogP contribution in [0.15, 0.2) is 12.4 Å². The summed E-state index contributed by atoms with van der Waals surface area (Å²) in [5.74, 6) is 0.982. The zero-order chi connectivity index (χ0) is 14.8. The van der Waals surface area contributed by atoms with Crippen LogP contribution in [0.3, 0.4) is 0 Å². The molecule has 3 rings (SSSR count). The van der Waals surface area contributed by atoms with Crippen molar-refractivity contribution < 1.29 is 9.59 Å². The van der Waals surface area contributed by atoms with Gasteiger partial charge in [0.2, 0.25) is 11.8 Å². The lowest BCUT2D eigenvalue weighted by molar-refractivity contribution is -0.140. The Labute approximate surface area is 123 Å². The van der Waals surface area contributed by atoms with Gasteiger partial charge in [-0.3, -0.25) is 9.59 Å². The molecule has 0 aliphatic carbocycles. The number of aromatic nitrogens is 2. The van der Waals surface area contributed by atoms with Crippen LogP contribution >= 0.6 is 0 Å². The SMILES string of the molecule is Cn1ccnc1C1CNCCN1C(=O)CN1CCCC1=O. The van der Waals surface area contributed by atoms with Crippen LogP contribution in [-0.2, 0) is 16.6 Å². The maximum absolute atomic E-state index is 12.6. The van der Waals surface area contributed by atoms with Gasteiger partial charge in [0.1, 0.15) is 11.9 Å². The van der Waals surface area contributed by atoms with Gasteiger partial charge < -0.3 is 19.7 Å². The maximum atomic E-state index is 12.6. The maximum Gasteiger partial charge on any atom is 0.242 e. The number of amides is 2. The minimum Gasteiger partial charge on any atom is -0.336 e.